The number of nitrogens with one attached hydrogen (secondary N) is 1. The smallest absolute Gasteiger partial charge is 0.129 e. The second-order valence-electron chi connectivity index (χ2n) is 5.09. The number of rotatable bonds is 2. The molecule has 4 heteroatoms. The molecule has 1 fully saturated rings. The lowest BCUT2D eigenvalue weighted by Crippen LogP contribution is -2.38. The highest BCUT2D eigenvalue weighted by Crippen LogP contribution is 2.35. The second-order valence-corrected chi connectivity index (χ2v) is 6.01. The molecule has 0 amide bonds. The Balaban J connectivity index is 2.20. The SMILES string of the molecule is CCC1(c2nc3cc(Br)ccc3n2C)CCCN1. The van der Waals surface area contributed by atoms with Crippen LogP contribution in [0.2, 0.25) is 0 Å². The minimum absolute atomic E-state index is 0.0697. The van der Waals surface area contributed by atoms with Crippen molar-refractivity contribution in [3.05, 3.63) is 28.5 Å². The first-order valence-corrected chi connectivity index (χ1v) is 7.33. The minimum Gasteiger partial charge on any atom is -0.330 e. The van der Waals surface area contributed by atoms with E-state index in [4.69, 9.17) is 4.98 Å². The molecule has 1 N–H and O–H groups in total. The molecule has 1 aliphatic rings. The molecule has 2 aromatic rings. The molecular formula is C14H18BrN3. The molecule has 18 heavy (non-hydrogen) atoms. The lowest BCUT2D eigenvalue weighted by atomic mass is 9.93. The van der Waals surface area contributed by atoms with E-state index < -0.39 is 0 Å². The molecule has 3 rings (SSSR count). The van der Waals surface area contributed by atoms with Gasteiger partial charge in [-0.3, -0.25) is 0 Å². The molecule has 1 aromatic carbocycles. The third-order valence-corrected chi connectivity index (χ3v) is 4.61. The highest BCUT2D eigenvalue weighted by molar-refractivity contribution is 9.10. The minimum atomic E-state index is 0.0697. The van der Waals surface area contributed by atoms with Gasteiger partial charge in [-0.25, -0.2) is 4.98 Å². The van der Waals surface area contributed by atoms with Gasteiger partial charge in [-0.15, -0.1) is 0 Å². The Morgan fingerprint density at radius 2 is 2.33 bits per heavy atom. The third-order valence-electron chi connectivity index (χ3n) is 4.12. The molecule has 0 bridgehead atoms. The summed E-state index contributed by atoms with van der Waals surface area (Å²) in [5.41, 5.74) is 2.35. The van der Waals surface area contributed by atoms with Crippen LogP contribution in [0.3, 0.4) is 0 Å². The van der Waals surface area contributed by atoms with E-state index >= 15 is 0 Å². The molecule has 0 spiro atoms. The Morgan fingerprint density at radius 1 is 1.50 bits per heavy atom. The maximum atomic E-state index is 4.87. The van der Waals surface area contributed by atoms with Crippen molar-refractivity contribution < 1.29 is 0 Å². The van der Waals surface area contributed by atoms with Crippen LogP contribution < -0.4 is 5.32 Å². The lowest BCUT2D eigenvalue weighted by molar-refractivity contribution is 0.345. The van der Waals surface area contributed by atoms with Crippen molar-refractivity contribution in [2.45, 2.75) is 31.7 Å². The first-order valence-electron chi connectivity index (χ1n) is 6.54. The van der Waals surface area contributed by atoms with Gasteiger partial charge in [-0.2, -0.15) is 0 Å². The normalized spacial score (nSPS) is 23.9. The zero-order valence-corrected chi connectivity index (χ0v) is 12.4. The predicted molar refractivity (Wildman–Crippen MR) is 77.6 cm³/mol. The maximum Gasteiger partial charge on any atom is 0.129 e. The van der Waals surface area contributed by atoms with E-state index in [2.05, 4.69) is 58.0 Å². The highest BCUT2D eigenvalue weighted by Gasteiger charge is 2.37. The van der Waals surface area contributed by atoms with Gasteiger partial charge in [0.25, 0.3) is 0 Å². The van der Waals surface area contributed by atoms with Crippen molar-refractivity contribution in [3.63, 3.8) is 0 Å². The standard InChI is InChI=1S/C14H18BrN3/c1-3-14(7-4-8-16-14)13-17-11-9-10(15)5-6-12(11)18(13)2/h5-6,9,16H,3-4,7-8H2,1-2H3. The number of fused-ring (bicyclic) bond motifs is 1. The predicted octanol–water partition coefficient (Wildman–Crippen LogP) is 3.32. The molecule has 0 radical (unpaired) electrons. The Kier molecular flexibility index (Phi) is 2.94. The molecule has 1 saturated heterocycles. The van der Waals surface area contributed by atoms with E-state index in [0.29, 0.717) is 0 Å². The van der Waals surface area contributed by atoms with E-state index in [-0.39, 0.29) is 5.54 Å². The lowest BCUT2D eigenvalue weighted by Gasteiger charge is -2.27. The number of benzene rings is 1. The van der Waals surface area contributed by atoms with E-state index in [1.807, 2.05) is 0 Å². The van der Waals surface area contributed by atoms with Gasteiger partial charge in [0.1, 0.15) is 5.82 Å². The molecule has 0 aliphatic carbocycles. The quantitative estimate of drug-likeness (QED) is 0.922. The summed E-state index contributed by atoms with van der Waals surface area (Å²) in [6.07, 6.45) is 3.51. The summed E-state index contributed by atoms with van der Waals surface area (Å²) in [5, 5.41) is 3.66. The summed E-state index contributed by atoms with van der Waals surface area (Å²) in [6.45, 7) is 3.34. The molecule has 3 nitrogen and oxygen atoms in total. The maximum absolute atomic E-state index is 4.87. The van der Waals surface area contributed by atoms with Gasteiger partial charge in [-0.05, 0) is 44.0 Å². The number of hydrogen-bond donors (Lipinski definition) is 1. The second kappa shape index (κ2) is 4.35. The Morgan fingerprint density at radius 3 is 3.00 bits per heavy atom. The average molecular weight is 308 g/mol. The first-order chi connectivity index (χ1) is 8.66. The van der Waals surface area contributed by atoms with Crippen molar-refractivity contribution in [2.24, 2.45) is 7.05 Å². The topological polar surface area (TPSA) is 29.9 Å². The summed E-state index contributed by atoms with van der Waals surface area (Å²) in [5.74, 6) is 1.18. The zero-order valence-electron chi connectivity index (χ0n) is 10.8. The summed E-state index contributed by atoms with van der Waals surface area (Å²) in [7, 11) is 2.12. The molecule has 1 aromatic heterocycles. The molecule has 1 unspecified atom stereocenters. The van der Waals surface area contributed by atoms with E-state index in [9.17, 15) is 0 Å². The number of nitrogens with zero attached hydrogens (tertiary/aromatic N) is 2. The van der Waals surface area contributed by atoms with Crippen LogP contribution in [0.15, 0.2) is 22.7 Å². The average Bonchev–Trinajstić information content (AvgIpc) is 2.95. The van der Waals surface area contributed by atoms with Crippen LogP contribution in [-0.4, -0.2) is 16.1 Å². The van der Waals surface area contributed by atoms with Gasteiger partial charge >= 0.3 is 0 Å². The van der Waals surface area contributed by atoms with Crippen LogP contribution in [0.5, 0.6) is 0 Å². The van der Waals surface area contributed by atoms with E-state index in [0.717, 1.165) is 23.0 Å². The van der Waals surface area contributed by atoms with Crippen LogP contribution in [-0.2, 0) is 12.6 Å². The number of halogens is 1. The zero-order chi connectivity index (χ0) is 12.8. The van der Waals surface area contributed by atoms with Gasteiger partial charge in [0, 0.05) is 11.5 Å². The van der Waals surface area contributed by atoms with Gasteiger partial charge in [0.2, 0.25) is 0 Å². The van der Waals surface area contributed by atoms with Crippen molar-refractivity contribution in [2.75, 3.05) is 6.54 Å². The van der Waals surface area contributed by atoms with Crippen molar-refractivity contribution in [1.82, 2.24) is 14.9 Å². The summed E-state index contributed by atoms with van der Waals surface area (Å²) in [4.78, 5) is 4.87. The van der Waals surface area contributed by atoms with Crippen molar-refractivity contribution in [3.8, 4) is 0 Å². The Labute approximate surface area is 116 Å². The number of hydrogen-bond acceptors (Lipinski definition) is 2. The van der Waals surface area contributed by atoms with Gasteiger partial charge in [0.15, 0.2) is 0 Å². The van der Waals surface area contributed by atoms with Crippen LogP contribution in [0.4, 0.5) is 0 Å². The van der Waals surface area contributed by atoms with Crippen molar-refractivity contribution >= 4 is 27.0 Å². The molecular weight excluding hydrogens is 290 g/mol. The summed E-state index contributed by atoms with van der Waals surface area (Å²) in [6, 6.07) is 6.31. The molecule has 96 valence electrons. The Bertz CT molecular complexity index is 582. The van der Waals surface area contributed by atoms with Gasteiger partial charge in [-0.1, -0.05) is 22.9 Å². The van der Waals surface area contributed by atoms with E-state index in [1.165, 1.54) is 24.2 Å². The highest BCUT2D eigenvalue weighted by atomic mass is 79.9. The number of imidazole rings is 1. The van der Waals surface area contributed by atoms with Crippen LogP contribution in [0.25, 0.3) is 11.0 Å². The van der Waals surface area contributed by atoms with E-state index in [1.54, 1.807) is 0 Å². The fourth-order valence-electron chi connectivity index (χ4n) is 3.06. The Hall–Kier alpha value is -0.870. The van der Waals surface area contributed by atoms with Crippen LogP contribution >= 0.6 is 15.9 Å². The van der Waals surface area contributed by atoms with Crippen LogP contribution in [0.1, 0.15) is 32.0 Å². The first kappa shape index (κ1) is 12.2. The monoisotopic (exact) mass is 307 g/mol. The molecule has 1 aliphatic heterocycles. The molecule has 1 atom stereocenters. The number of aromatic nitrogens is 2. The molecule has 0 saturated carbocycles. The number of aryl methyl sites for hydroxylation is 1. The fraction of sp³-hybridized carbons (Fsp3) is 0.500. The molecule has 2 heterocycles. The summed E-state index contributed by atoms with van der Waals surface area (Å²) < 4.78 is 3.33. The van der Waals surface area contributed by atoms with Gasteiger partial charge < -0.3 is 9.88 Å². The van der Waals surface area contributed by atoms with Crippen molar-refractivity contribution in [1.29, 1.82) is 0 Å². The van der Waals surface area contributed by atoms with Gasteiger partial charge in [0.05, 0.1) is 16.6 Å². The van der Waals surface area contributed by atoms with Crippen LogP contribution in [0, 0.1) is 0 Å². The largest absolute Gasteiger partial charge is 0.330 e. The fourth-order valence-corrected chi connectivity index (χ4v) is 3.41. The summed E-state index contributed by atoms with van der Waals surface area (Å²) >= 11 is 3.52. The third kappa shape index (κ3) is 1.70.